The molecule has 2 nitrogen and oxygen atoms in total. The van der Waals surface area contributed by atoms with Crippen molar-refractivity contribution in [2.24, 2.45) is 11.3 Å². The summed E-state index contributed by atoms with van der Waals surface area (Å²) >= 11 is 0. The summed E-state index contributed by atoms with van der Waals surface area (Å²) in [6.45, 7) is 10.1. The standard InChI is InChI=1S/C16H26N2/c1-12-9-16(3,4)8-7-15(12)18-11-14-6-5-13(2)17-10-14/h5-6,10,12,15,18H,7-9,11H2,1-4H3. The molecule has 2 rings (SSSR count). The fourth-order valence-corrected chi connectivity index (χ4v) is 3.10. The van der Waals surface area contributed by atoms with Gasteiger partial charge in [0, 0.05) is 24.5 Å². The van der Waals surface area contributed by atoms with E-state index in [0.717, 1.165) is 18.2 Å². The van der Waals surface area contributed by atoms with E-state index in [1.807, 2.05) is 13.1 Å². The average Bonchev–Trinajstić information content (AvgIpc) is 2.29. The van der Waals surface area contributed by atoms with Gasteiger partial charge in [-0.1, -0.05) is 26.8 Å². The highest BCUT2D eigenvalue weighted by Gasteiger charge is 2.31. The van der Waals surface area contributed by atoms with Crippen molar-refractivity contribution in [1.82, 2.24) is 10.3 Å². The van der Waals surface area contributed by atoms with E-state index in [1.54, 1.807) is 0 Å². The molecule has 1 fully saturated rings. The maximum Gasteiger partial charge on any atom is 0.0372 e. The summed E-state index contributed by atoms with van der Waals surface area (Å²) in [4.78, 5) is 4.34. The largest absolute Gasteiger partial charge is 0.310 e. The van der Waals surface area contributed by atoms with Crippen LogP contribution in [0.2, 0.25) is 0 Å². The van der Waals surface area contributed by atoms with Gasteiger partial charge in [0.05, 0.1) is 0 Å². The second-order valence-electron chi connectivity index (χ2n) is 6.68. The van der Waals surface area contributed by atoms with Crippen LogP contribution in [-0.4, -0.2) is 11.0 Å². The van der Waals surface area contributed by atoms with Crippen LogP contribution in [0.5, 0.6) is 0 Å². The molecule has 2 unspecified atom stereocenters. The Bertz CT molecular complexity index is 381. The molecule has 1 heterocycles. The lowest BCUT2D eigenvalue weighted by atomic mass is 9.70. The zero-order valence-corrected chi connectivity index (χ0v) is 12.2. The van der Waals surface area contributed by atoms with Crippen LogP contribution in [0.1, 0.15) is 51.3 Å². The van der Waals surface area contributed by atoms with Crippen molar-refractivity contribution in [2.45, 2.75) is 59.5 Å². The first kappa shape index (κ1) is 13.5. The summed E-state index contributed by atoms with van der Waals surface area (Å²) in [5.41, 5.74) is 2.91. The summed E-state index contributed by atoms with van der Waals surface area (Å²) < 4.78 is 0. The van der Waals surface area contributed by atoms with Gasteiger partial charge in [-0.05, 0) is 49.1 Å². The molecule has 0 aromatic carbocycles. The van der Waals surface area contributed by atoms with E-state index in [-0.39, 0.29) is 0 Å². The van der Waals surface area contributed by atoms with Crippen LogP contribution in [0.3, 0.4) is 0 Å². The molecule has 0 bridgehead atoms. The van der Waals surface area contributed by atoms with Gasteiger partial charge in [0.1, 0.15) is 0 Å². The van der Waals surface area contributed by atoms with Gasteiger partial charge in [0.2, 0.25) is 0 Å². The lowest BCUT2D eigenvalue weighted by Gasteiger charge is -2.39. The Balaban J connectivity index is 1.85. The third kappa shape index (κ3) is 3.55. The monoisotopic (exact) mass is 246 g/mol. The molecule has 1 aromatic rings. The second-order valence-corrected chi connectivity index (χ2v) is 6.68. The van der Waals surface area contributed by atoms with E-state index in [0.29, 0.717) is 11.5 Å². The summed E-state index contributed by atoms with van der Waals surface area (Å²) in [7, 11) is 0. The summed E-state index contributed by atoms with van der Waals surface area (Å²) in [6, 6.07) is 4.93. The number of nitrogens with zero attached hydrogens (tertiary/aromatic N) is 1. The van der Waals surface area contributed by atoms with Crippen LogP contribution in [-0.2, 0) is 6.54 Å². The Morgan fingerprint density at radius 3 is 2.78 bits per heavy atom. The normalized spacial score (nSPS) is 27.1. The van der Waals surface area contributed by atoms with Gasteiger partial charge in [-0.15, -0.1) is 0 Å². The molecule has 2 heteroatoms. The summed E-state index contributed by atoms with van der Waals surface area (Å²) in [5, 5.41) is 3.70. The van der Waals surface area contributed by atoms with Crippen molar-refractivity contribution < 1.29 is 0 Å². The van der Waals surface area contributed by atoms with Crippen molar-refractivity contribution in [3.8, 4) is 0 Å². The van der Waals surface area contributed by atoms with Crippen molar-refractivity contribution in [2.75, 3.05) is 0 Å². The van der Waals surface area contributed by atoms with Crippen LogP contribution < -0.4 is 5.32 Å². The lowest BCUT2D eigenvalue weighted by molar-refractivity contribution is 0.148. The number of aryl methyl sites for hydroxylation is 1. The molecule has 1 saturated carbocycles. The van der Waals surface area contributed by atoms with E-state index >= 15 is 0 Å². The fourth-order valence-electron chi connectivity index (χ4n) is 3.10. The molecule has 1 N–H and O–H groups in total. The first-order valence-electron chi connectivity index (χ1n) is 7.11. The molecule has 18 heavy (non-hydrogen) atoms. The third-order valence-corrected chi connectivity index (χ3v) is 4.23. The summed E-state index contributed by atoms with van der Waals surface area (Å²) in [5.74, 6) is 0.771. The van der Waals surface area contributed by atoms with Crippen molar-refractivity contribution in [3.05, 3.63) is 29.6 Å². The summed E-state index contributed by atoms with van der Waals surface area (Å²) in [6.07, 6.45) is 5.95. The number of pyridine rings is 1. The quantitative estimate of drug-likeness (QED) is 0.879. The Labute approximate surface area is 111 Å². The Morgan fingerprint density at radius 1 is 1.39 bits per heavy atom. The number of nitrogens with one attached hydrogen (secondary N) is 1. The predicted octanol–water partition coefficient (Wildman–Crippen LogP) is 3.69. The Kier molecular flexibility index (Phi) is 4.06. The van der Waals surface area contributed by atoms with Crippen LogP contribution >= 0.6 is 0 Å². The fraction of sp³-hybridized carbons (Fsp3) is 0.688. The molecular weight excluding hydrogens is 220 g/mol. The SMILES string of the molecule is Cc1ccc(CNC2CCC(C)(C)CC2C)cn1. The van der Waals surface area contributed by atoms with Gasteiger partial charge in [-0.2, -0.15) is 0 Å². The van der Waals surface area contributed by atoms with E-state index in [2.05, 4.69) is 43.2 Å². The first-order chi connectivity index (χ1) is 8.46. The molecule has 1 aliphatic carbocycles. The minimum atomic E-state index is 0.531. The molecule has 0 saturated heterocycles. The molecule has 0 amide bonds. The van der Waals surface area contributed by atoms with Gasteiger partial charge < -0.3 is 5.32 Å². The molecule has 1 aliphatic rings. The maximum atomic E-state index is 4.34. The van der Waals surface area contributed by atoms with Gasteiger partial charge >= 0.3 is 0 Å². The smallest absolute Gasteiger partial charge is 0.0372 e. The third-order valence-electron chi connectivity index (χ3n) is 4.23. The highest BCUT2D eigenvalue weighted by atomic mass is 14.9. The molecule has 100 valence electrons. The van der Waals surface area contributed by atoms with Gasteiger partial charge in [-0.3, -0.25) is 4.98 Å². The lowest BCUT2D eigenvalue weighted by Crippen LogP contribution is -2.41. The molecule has 0 radical (unpaired) electrons. The molecule has 2 atom stereocenters. The zero-order chi connectivity index (χ0) is 13.2. The van der Waals surface area contributed by atoms with E-state index in [4.69, 9.17) is 0 Å². The highest BCUT2D eigenvalue weighted by molar-refractivity contribution is 5.13. The Hall–Kier alpha value is -0.890. The molecule has 0 spiro atoms. The van der Waals surface area contributed by atoms with E-state index in [9.17, 15) is 0 Å². The minimum Gasteiger partial charge on any atom is -0.310 e. The molecular formula is C16H26N2. The highest BCUT2D eigenvalue weighted by Crippen LogP contribution is 2.38. The van der Waals surface area contributed by atoms with Gasteiger partial charge in [0.15, 0.2) is 0 Å². The van der Waals surface area contributed by atoms with Gasteiger partial charge in [0.25, 0.3) is 0 Å². The number of aromatic nitrogens is 1. The molecule has 1 aromatic heterocycles. The Morgan fingerprint density at radius 2 is 2.17 bits per heavy atom. The number of rotatable bonds is 3. The van der Waals surface area contributed by atoms with E-state index < -0.39 is 0 Å². The molecule has 0 aliphatic heterocycles. The second kappa shape index (κ2) is 5.40. The number of hydrogen-bond donors (Lipinski definition) is 1. The predicted molar refractivity (Wildman–Crippen MR) is 76.4 cm³/mol. The minimum absolute atomic E-state index is 0.531. The van der Waals surface area contributed by atoms with Crippen LogP contribution in [0.25, 0.3) is 0 Å². The van der Waals surface area contributed by atoms with E-state index in [1.165, 1.54) is 24.8 Å². The first-order valence-corrected chi connectivity index (χ1v) is 7.11. The van der Waals surface area contributed by atoms with Crippen LogP contribution in [0, 0.1) is 18.3 Å². The van der Waals surface area contributed by atoms with Gasteiger partial charge in [-0.25, -0.2) is 0 Å². The van der Waals surface area contributed by atoms with Crippen LogP contribution in [0.15, 0.2) is 18.3 Å². The van der Waals surface area contributed by atoms with Crippen molar-refractivity contribution in [1.29, 1.82) is 0 Å². The van der Waals surface area contributed by atoms with Crippen LogP contribution in [0.4, 0.5) is 0 Å². The van der Waals surface area contributed by atoms with Crippen molar-refractivity contribution in [3.63, 3.8) is 0 Å². The zero-order valence-electron chi connectivity index (χ0n) is 12.2. The van der Waals surface area contributed by atoms with Crippen molar-refractivity contribution >= 4 is 0 Å². The average molecular weight is 246 g/mol. The number of hydrogen-bond acceptors (Lipinski definition) is 2. The maximum absolute atomic E-state index is 4.34. The topological polar surface area (TPSA) is 24.9 Å².